The molecule has 1 atom stereocenters. The average Bonchev–Trinajstić information content (AvgIpc) is 3.04. The van der Waals surface area contributed by atoms with E-state index in [-0.39, 0.29) is 50.2 Å². The molecule has 0 heterocycles. The van der Waals surface area contributed by atoms with E-state index in [2.05, 4.69) is 13.1 Å². The van der Waals surface area contributed by atoms with E-state index in [0.717, 1.165) is 32.1 Å². The van der Waals surface area contributed by atoms with Gasteiger partial charge in [0.15, 0.2) is 5.25 Å². The van der Waals surface area contributed by atoms with Crippen molar-refractivity contribution in [2.24, 2.45) is 0 Å². The van der Waals surface area contributed by atoms with E-state index in [1.165, 1.54) is 0 Å². The summed E-state index contributed by atoms with van der Waals surface area (Å²) in [5, 5.41) is -11.9. The summed E-state index contributed by atoms with van der Waals surface area (Å²) >= 11 is 0. The van der Waals surface area contributed by atoms with Crippen LogP contribution < -0.4 is 29.6 Å². The number of unbranched alkanes of at least 4 members (excludes halogenated alkanes) is 10. The molecule has 0 aromatic heterocycles. The Labute approximate surface area is 339 Å². The molecule has 29 heteroatoms. The SMILES string of the molecule is CCCCCCCCOC(=O)CC(C(=O)OCCCCCCCC)S(=O)(=O)OS(=O)(=O)C(F)(F)C(F)(F)C(F)(F)C(F)(F)C(F)(F)C(F)(F)C(F)(F)C(F)(F)F.[H-].[Na+]. The molecule has 1 unspecified atom stereocenters. The van der Waals surface area contributed by atoms with E-state index in [9.17, 15) is 101 Å². The van der Waals surface area contributed by atoms with Gasteiger partial charge in [0.1, 0.15) is 0 Å². The van der Waals surface area contributed by atoms with Crippen LogP contribution in [0.2, 0.25) is 0 Å². The number of ether oxygens (including phenoxy) is 2. The molecular weight excluding hydrogens is 890 g/mol. The van der Waals surface area contributed by atoms with Crippen LogP contribution in [-0.4, -0.2) is 94.2 Å². The van der Waals surface area contributed by atoms with Crippen molar-refractivity contribution in [1.82, 2.24) is 0 Å². The molecule has 57 heavy (non-hydrogen) atoms. The van der Waals surface area contributed by atoms with Crippen molar-refractivity contribution >= 4 is 32.2 Å². The third-order valence-corrected chi connectivity index (χ3v) is 11.1. The first-order valence-electron chi connectivity index (χ1n) is 16.3. The number of alkyl halides is 17. The predicted octanol–water partition coefficient (Wildman–Crippen LogP) is 6.31. The molecule has 0 aliphatic carbocycles. The monoisotopic (exact) mass is 928 g/mol. The number of halogens is 17. The fourth-order valence-electron chi connectivity index (χ4n) is 4.25. The van der Waals surface area contributed by atoms with Gasteiger partial charge >= 0.3 is 98.6 Å². The largest absolute Gasteiger partial charge is 1.00 e. The fourth-order valence-corrected chi connectivity index (χ4v) is 7.06. The summed E-state index contributed by atoms with van der Waals surface area (Å²) in [6, 6.07) is 0. The average molecular weight is 929 g/mol. The maximum Gasteiger partial charge on any atom is 1.00 e. The van der Waals surface area contributed by atoms with Gasteiger partial charge < -0.3 is 10.9 Å². The van der Waals surface area contributed by atoms with Crippen molar-refractivity contribution < 1.29 is 145 Å². The predicted molar refractivity (Wildman–Crippen MR) is 158 cm³/mol. The van der Waals surface area contributed by atoms with Gasteiger partial charge in [-0.3, -0.25) is 9.59 Å². The van der Waals surface area contributed by atoms with Crippen LogP contribution in [0.3, 0.4) is 0 Å². The Morgan fingerprint density at radius 2 is 0.842 bits per heavy atom. The van der Waals surface area contributed by atoms with Gasteiger partial charge in [-0.15, -0.1) is 3.63 Å². The molecule has 9 nitrogen and oxygen atoms in total. The fraction of sp³-hybridized carbons (Fsp3) is 0.929. The molecule has 0 aromatic rings. The number of hydrogen-bond acceptors (Lipinski definition) is 9. The molecule has 0 saturated heterocycles. The maximum absolute atomic E-state index is 14.6. The molecule has 0 N–H and O–H groups in total. The van der Waals surface area contributed by atoms with Crippen LogP contribution in [0.4, 0.5) is 74.6 Å². The number of hydrogen-bond donors (Lipinski definition) is 0. The first-order valence-corrected chi connectivity index (χ1v) is 19.1. The zero-order valence-corrected chi connectivity index (χ0v) is 33.7. The molecule has 0 aromatic carbocycles. The van der Waals surface area contributed by atoms with E-state index < -0.39 is 104 Å². The van der Waals surface area contributed by atoms with Gasteiger partial charge in [-0.05, 0) is 12.8 Å². The second-order valence-electron chi connectivity index (χ2n) is 12.1. The second-order valence-corrected chi connectivity index (χ2v) is 15.6. The van der Waals surface area contributed by atoms with Crippen LogP contribution in [0.5, 0.6) is 0 Å². The number of carbonyl (C=O) groups is 2. The Bertz CT molecular complexity index is 1520. The summed E-state index contributed by atoms with van der Waals surface area (Å²) in [6.45, 7) is 2.42. The van der Waals surface area contributed by atoms with Crippen molar-refractivity contribution in [3.63, 3.8) is 0 Å². The van der Waals surface area contributed by atoms with Gasteiger partial charge in [0.25, 0.3) is 10.1 Å². The minimum absolute atomic E-state index is 0. The Balaban J connectivity index is -0.0000151. The maximum atomic E-state index is 14.6. The van der Waals surface area contributed by atoms with Crippen LogP contribution >= 0.6 is 0 Å². The van der Waals surface area contributed by atoms with E-state index in [1.807, 2.05) is 13.8 Å². The van der Waals surface area contributed by atoms with Gasteiger partial charge in [0.05, 0.1) is 19.6 Å². The zero-order valence-electron chi connectivity index (χ0n) is 31.1. The first-order chi connectivity index (χ1) is 25.0. The van der Waals surface area contributed by atoms with Gasteiger partial charge in [-0.2, -0.15) is 91.5 Å². The quantitative estimate of drug-likeness (QED) is 0.0403. The number of esters is 2. The van der Waals surface area contributed by atoms with E-state index in [4.69, 9.17) is 0 Å². The smallest absolute Gasteiger partial charge is 1.00 e. The Kier molecular flexibility index (Phi) is 21.7. The molecule has 0 fully saturated rings. The van der Waals surface area contributed by atoms with Gasteiger partial charge in [0.2, 0.25) is 0 Å². The van der Waals surface area contributed by atoms with Crippen LogP contribution in [-0.2, 0) is 42.9 Å². The standard InChI is InChI=1S/C28H37F17O9S2.Na.H/c1-3-5-7-9-11-13-15-52-19(46)17-18(20(47)53-16-14-12-10-8-6-4-2)55(48,49)54-56(50,51)28(44,45)26(39,40)24(35,36)22(31,32)21(29,30)23(33,34)25(37,38)27(41,42)43;;/h18H,3-17H2,1-2H3;;/q;+1;-1. The third-order valence-electron chi connectivity index (χ3n) is 7.66. The van der Waals surface area contributed by atoms with Gasteiger partial charge in [-0.25, -0.2) is 0 Å². The molecule has 336 valence electrons. The summed E-state index contributed by atoms with van der Waals surface area (Å²) < 4.78 is 293. The van der Waals surface area contributed by atoms with Crippen molar-refractivity contribution in [2.75, 3.05) is 13.2 Å². The van der Waals surface area contributed by atoms with Crippen LogP contribution in [0.25, 0.3) is 0 Å². The summed E-state index contributed by atoms with van der Waals surface area (Å²) in [6.07, 6.45) is -3.66. The van der Waals surface area contributed by atoms with Crippen molar-refractivity contribution in [1.29, 1.82) is 0 Å². The molecule has 0 aliphatic heterocycles. The van der Waals surface area contributed by atoms with Crippen molar-refractivity contribution in [3.05, 3.63) is 0 Å². The Hall–Kier alpha value is -1.39. The molecular formula is C28H38F17NaO9S2. The molecule has 0 radical (unpaired) electrons. The minimum atomic E-state index is -9.18. The third kappa shape index (κ3) is 12.8. The van der Waals surface area contributed by atoms with Crippen LogP contribution in [0.15, 0.2) is 0 Å². The molecule has 0 bridgehead atoms. The number of carbonyl (C=O) groups excluding carboxylic acids is 2. The summed E-state index contributed by atoms with van der Waals surface area (Å²) in [5.41, 5.74) is 0. The molecule has 0 amide bonds. The minimum Gasteiger partial charge on any atom is -1.00 e. The summed E-state index contributed by atoms with van der Waals surface area (Å²) in [5.74, 6) is -57.7. The van der Waals surface area contributed by atoms with Gasteiger partial charge in [-0.1, -0.05) is 78.1 Å². The summed E-state index contributed by atoms with van der Waals surface area (Å²) in [4.78, 5) is 24.9. The zero-order chi connectivity index (χ0) is 44.5. The van der Waals surface area contributed by atoms with E-state index in [1.54, 1.807) is 0 Å². The van der Waals surface area contributed by atoms with E-state index in [0.29, 0.717) is 25.7 Å². The van der Waals surface area contributed by atoms with Crippen molar-refractivity contribution in [2.45, 2.75) is 150 Å². The molecule has 0 saturated carbocycles. The normalized spacial score (nSPS) is 14.9. The van der Waals surface area contributed by atoms with Crippen LogP contribution in [0, 0.1) is 0 Å². The first kappa shape index (κ1) is 57.7. The summed E-state index contributed by atoms with van der Waals surface area (Å²) in [7, 11) is -15.6. The molecule has 0 aliphatic rings. The molecule has 0 spiro atoms. The Morgan fingerprint density at radius 3 is 1.23 bits per heavy atom. The van der Waals surface area contributed by atoms with E-state index >= 15 is 0 Å². The van der Waals surface area contributed by atoms with Gasteiger partial charge in [0, 0.05) is 0 Å². The van der Waals surface area contributed by atoms with Crippen LogP contribution in [0.1, 0.15) is 98.7 Å². The number of rotatable bonds is 27. The van der Waals surface area contributed by atoms with Crippen molar-refractivity contribution in [3.8, 4) is 0 Å². The second kappa shape index (κ2) is 21.4. The molecule has 0 rings (SSSR count). The Morgan fingerprint density at radius 1 is 0.509 bits per heavy atom. The topological polar surface area (TPSA) is 130 Å².